The van der Waals surface area contributed by atoms with Crippen LogP contribution in [-0.4, -0.2) is 33.2 Å². The number of carbonyl (C=O) groups is 2. The van der Waals surface area contributed by atoms with Gasteiger partial charge in [-0.2, -0.15) is 0 Å². The summed E-state index contributed by atoms with van der Waals surface area (Å²) in [5.74, 6) is -1.31. The zero-order chi connectivity index (χ0) is 20.2. The van der Waals surface area contributed by atoms with E-state index in [1.807, 2.05) is 12.3 Å². The maximum atomic E-state index is 12.2. The summed E-state index contributed by atoms with van der Waals surface area (Å²) in [6.45, 7) is 2.76. The number of primary sulfonamides is 1. The lowest BCUT2D eigenvalue weighted by Gasteiger charge is -2.11. The molecule has 0 saturated heterocycles. The zero-order valence-corrected chi connectivity index (χ0v) is 16.7. The van der Waals surface area contributed by atoms with Crippen LogP contribution in [0.15, 0.2) is 46.2 Å². The van der Waals surface area contributed by atoms with Crippen LogP contribution in [0, 0.1) is 13.8 Å². The van der Waals surface area contributed by atoms with E-state index in [9.17, 15) is 18.0 Å². The molecule has 0 spiro atoms. The second-order valence-corrected chi connectivity index (χ2v) is 8.23. The predicted octanol–water partition coefficient (Wildman–Crippen LogP) is 2.47. The van der Waals surface area contributed by atoms with Crippen molar-refractivity contribution in [1.82, 2.24) is 0 Å². The first-order chi connectivity index (χ1) is 12.6. The molecule has 0 unspecified atom stereocenters. The Bertz CT molecular complexity index is 987. The molecule has 0 saturated carbocycles. The molecule has 0 atom stereocenters. The van der Waals surface area contributed by atoms with E-state index in [0.29, 0.717) is 16.8 Å². The van der Waals surface area contributed by atoms with Gasteiger partial charge in [0.2, 0.25) is 10.0 Å². The number of anilines is 1. The highest BCUT2D eigenvalue weighted by atomic mass is 32.2. The Labute approximate surface area is 162 Å². The number of aryl methyl sites for hydroxylation is 1. The molecule has 0 aliphatic rings. The molecule has 1 amide bonds. The van der Waals surface area contributed by atoms with Crippen molar-refractivity contribution < 1.29 is 22.7 Å². The molecule has 144 valence electrons. The number of sulfonamides is 1. The Morgan fingerprint density at radius 3 is 2.52 bits per heavy atom. The molecule has 27 heavy (non-hydrogen) atoms. The summed E-state index contributed by atoms with van der Waals surface area (Å²) in [5, 5.41) is 7.82. The van der Waals surface area contributed by atoms with E-state index in [0.717, 1.165) is 11.0 Å². The van der Waals surface area contributed by atoms with Crippen LogP contribution in [0.5, 0.6) is 0 Å². The largest absolute Gasteiger partial charge is 0.452 e. The standard InChI is InChI=1S/C18H20N2O5S2/c1-11-7-13(8-16(12(11)2)27(19,23)24)18(22)25-10-17(21)20-14-5-4-6-15(9-14)26-3/h4-9H,10H2,1-3H3,(H,20,21)(H2,19,23,24). The number of hydrogen-bond acceptors (Lipinski definition) is 6. The summed E-state index contributed by atoms with van der Waals surface area (Å²) in [7, 11) is -3.98. The van der Waals surface area contributed by atoms with Crippen LogP contribution in [0.1, 0.15) is 21.5 Å². The molecule has 0 heterocycles. The topological polar surface area (TPSA) is 116 Å². The number of ether oxygens (including phenoxy) is 1. The van der Waals surface area contributed by atoms with Gasteiger partial charge in [-0.1, -0.05) is 6.07 Å². The molecule has 2 rings (SSSR count). The second-order valence-electron chi connectivity index (χ2n) is 5.82. The van der Waals surface area contributed by atoms with Gasteiger partial charge in [0.05, 0.1) is 10.5 Å². The maximum Gasteiger partial charge on any atom is 0.338 e. The first-order valence-corrected chi connectivity index (χ1v) is 10.6. The Kier molecular flexibility index (Phi) is 6.63. The Morgan fingerprint density at radius 1 is 1.19 bits per heavy atom. The minimum Gasteiger partial charge on any atom is -0.452 e. The summed E-state index contributed by atoms with van der Waals surface area (Å²) in [6.07, 6.45) is 1.92. The minimum atomic E-state index is -3.98. The normalized spacial score (nSPS) is 11.1. The van der Waals surface area contributed by atoms with Gasteiger partial charge in [-0.05, 0) is 61.6 Å². The Morgan fingerprint density at radius 2 is 1.89 bits per heavy atom. The van der Waals surface area contributed by atoms with Crippen LogP contribution in [0.3, 0.4) is 0 Å². The first-order valence-electron chi connectivity index (χ1n) is 7.87. The van der Waals surface area contributed by atoms with E-state index >= 15 is 0 Å². The zero-order valence-electron chi connectivity index (χ0n) is 15.1. The van der Waals surface area contributed by atoms with Crippen LogP contribution in [-0.2, 0) is 19.6 Å². The van der Waals surface area contributed by atoms with Crippen molar-refractivity contribution in [3.63, 3.8) is 0 Å². The number of nitrogens with one attached hydrogen (secondary N) is 1. The Hall–Kier alpha value is -2.36. The average molecular weight is 409 g/mol. The van der Waals surface area contributed by atoms with E-state index in [1.165, 1.54) is 17.8 Å². The van der Waals surface area contributed by atoms with Gasteiger partial charge in [0, 0.05) is 10.6 Å². The summed E-state index contributed by atoms with van der Waals surface area (Å²) < 4.78 is 28.3. The molecular formula is C18H20N2O5S2. The molecule has 0 bridgehead atoms. The predicted molar refractivity (Wildman–Crippen MR) is 104 cm³/mol. The third kappa shape index (κ3) is 5.56. The van der Waals surface area contributed by atoms with Crippen molar-refractivity contribution in [2.24, 2.45) is 5.14 Å². The van der Waals surface area contributed by atoms with Gasteiger partial charge in [-0.15, -0.1) is 11.8 Å². The molecule has 3 N–H and O–H groups in total. The molecule has 2 aromatic rings. The van der Waals surface area contributed by atoms with Crippen LogP contribution >= 0.6 is 11.8 Å². The van der Waals surface area contributed by atoms with E-state index < -0.39 is 28.5 Å². The highest BCUT2D eigenvalue weighted by molar-refractivity contribution is 7.98. The number of thioether (sulfide) groups is 1. The monoisotopic (exact) mass is 408 g/mol. The van der Waals surface area contributed by atoms with Crippen molar-refractivity contribution in [3.05, 3.63) is 53.1 Å². The number of hydrogen-bond donors (Lipinski definition) is 2. The van der Waals surface area contributed by atoms with E-state index in [1.54, 1.807) is 32.0 Å². The number of carbonyl (C=O) groups excluding carboxylic acids is 2. The fourth-order valence-electron chi connectivity index (χ4n) is 2.35. The summed E-state index contributed by atoms with van der Waals surface area (Å²) in [6, 6.07) is 9.87. The molecule has 2 aromatic carbocycles. The number of nitrogens with two attached hydrogens (primary N) is 1. The Balaban J connectivity index is 2.07. The smallest absolute Gasteiger partial charge is 0.338 e. The van der Waals surface area contributed by atoms with Crippen molar-refractivity contribution in [1.29, 1.82) is 0 Å². The molecule has 7 nitrogen and oxygen atoms in total. The summed E-state index contributed by atoms with van der Waals surface area (Å²) >= 11 is 1.54. The third-order valence-corrected chi connectivity index (χ3v) is 5.61. The van der Waals surface area contributed by atoms with E-state index in [-0.39, 0.29) is 10.5 Å². The van der Waals surface area contributed by atoms with Gasteiger partial charge in [-0.3, -0.25) is 4.79 Å². The molecule has 0 fully saturated rings. The van der Waals surface area contributed by atoms with Crippen LogP contribution in [0.2, 0.25) is 0 Å². The molecular weight excluding hydrogens is 388 g/mol. The quantitative estimate of drug-likeness (QED) is 0.560. The average Bonchev–Trinajstić information content (AvgIpc) is 2.61. The number of rotatable bonds is 6. The second kappa shape index (κ2) is 8.55. The lowest BCUT2D eigenvalue weighted by atomic mass is 10.1. The SMILES string of the molecule is CSc1cccc(NC(=O)COC(=O)c2cc(C)c(C)c(S(N)(=O)=O)c2)c1. The van der Waals surface area contributed by atoms with Gasteiger partial charge in [0.1, 0.15) is 0 Å². The molecule has 0 radical (unpaired) electrons. The highest BCUT2D eigenvalue weighted by Gasteiger charge is 2.19. The fraction of sp³-hybridized carbons (Fsp3) is 0.222. The van der Waals surface area contributed by atoms with Gasteiger partial charge < -0.3 is 10.1 Å². The van der Waals surface area contributed by atoms with Crippen molar-refractivity contribution in [2.75, 3.05) is 18.2 Å². The minimum absolute atomic E-state index is 0.0132. The summed E-state index contributed by atoms with van der Waals surface area (Å²) in [4.78, 5) is 25.0. The lowest BCUT2D eigenvalue weighted by molar-refractivity contribution is -0.119. The number of amides is 1. The first kappa shape index (κ1) is 20.9. The van der Waals surface area contributed by atoms with Gasteiger partial charge >= 0.3 is 5.97 Å². The van der Waals surface area contributed by atoms with E-state index in [4.69, 9.17) is 9.88 Å². The number of esters is 1. The van der Waals surface area contributed by atoms with Crippen molar-refractivity contribution >= 4 is 39.3 Å². The number of benzene rings is 2. The van der Waals surface area contributed by atoms with Gasteiger partial charge in [0.15, 0.2) is 6.61 Å². The molecule has 0 aliphatic carbocycles. The van der Waals surface area contributed by atoms with Crippen molar-refractivity contribution in [2.45, 2.75) is 23.6 Å². The fourth-order valence-corrected chi connectivity index (χ4v) is 3.69. The highest BCUT2D eigenvalue weighted by Crippen LogP contribution is 2.21. The van der Waals surface area contributed by atoms with Gasteiger partial charge in [-0.25, -0.2) is 18.4 Å². The molecule has 0 aromatic heterocycles. The van der Waals surface area contributed by atoms with Crippen LogP contribution in [0.25, 0.3) is 0 Å². The lowest BCUT2D eigenvalue weighted by Crippen LogP contribution is -2.21. The third-order valence-electron chi connectivity index (χ3n) is 3.85. The molecule has 0 aliphatic heterocycles. The van der Waals surface area contributed by atoms with Gasteiger partial charge in [0.25, 0.3) is 5.91 Å². The summed E-state index contributed by atoms with van der Waals surface area (Å²) in [5.41, 5.74) is 1.64. The van der Waals surface area contributed by atoms with Crippen molar-refractivity contribution in [3.8, 4) is 0 Å². The maximum absolute atomic E-state index is 12.2. The van der Waals surface area contributed by atoms with Crippen LogP contribution in [0.4, 0.5) is 5.69 Å². The van der Waals surface area contributed by atoms with E-state index in [2.05, 4.69) is 5.32 Å². The van der Waals surface area contributed by atoms with Crippen LogP contribution < -0.4 is 10.5 Å². The molecule has 9 heteroatoms.